The van der Waals surface area contributed by atoms with Crippen molar-refractivity contribution in [2.75, 3.05) is 16.8 Å². The van der Waals surface area contributed by atoms with Gasteiger partial charge in [0.2, 0.25) is 16.0 Å². The first-order valence-electron chi connectivity index (χ1n) is 8.18. The van der Waals surface area contributed by atoms with E-state index in [2.05, 4.69) is 15.4 Å². The first-order valence-corrected chi connectivity index (χ1v) is 9.00. The number of hydrogen-bond donors (Lipinski definition) is 1. The molecule has 7 nitrogen and oxygen atoms in total. The Bertz CT molecular complexity index is 982. The van der Waals surface area contributed by atoms with Gasteiger partial charge < -0.3 is 10.2 Å². The molecule has 128 valence electrons. The summed E-state index contributed by atoms with van der Waals surface area (Å²) in [4.78, 5) is 31.4. The maximum Gasteiger partial charge on any atom is 0.275 e. The summed E-state index contributed by atoms with van der Waals surface area (Å²) in [6.45, 7) is 2.61. The molecule has 3 heterocycles. The molecule has 1 aliphatic rings. The largest absolute Gasteiger partial charge is 0.348 e. The lowest BCUT2D eigenvalue weighted by atomic mass is 10.2. The number of aromatic nitrogens is 3. The van der Waals surface area contributed by atoms with Crippen molar-refractivity contribution in [1.29, 1.82) is 0 Å². The molecule has 1 unspecified atom stereocenters. The predicted octanol–water partition coefficient (Wildman–Crippen LogP) is 1.93. The first kappa shape index (κ1) is 15.8. The van der Waals surface area contributed by atoms with Crippen molar-refractivity contribution < 1.29 is 4.79 Å². The van der Waals surface area contributed by atoms with Gasteiger partial charge in [0, 0.05) is 24.0 Å². The van der Waals surface area contributed by atoms with Gasteiger partial charge in [-0.15, -0.1) is 5.10 Å². The number of benzene rings is 1. The van der Waals surface area contributed by atoms with Crippen LogP contribution in [0.25, 0.3) is 4.96 Å². The number of rotatable bonds is 4. The zero-order valence-corrected chi connectivity index (χ0v) is 14.5. The van der Waals surface area contributed by atoms with Gasteiger partial charge in [-0.3, -0.25) is 9.59 Å². The Morgan fingerprint density at radius 2 is 2.08 bits per heavy atom. The standard InChI is InChI=1S/C17H17N5O2S/c1-2-11-10-14(23)22-17(18-11)25-16(20-22)19-13-8-9-21(15(13)24)12-6-4-3-5-7-12/h3-7,10,13H,2,8-9H2,1H3,(H,19,20). The number of hydrogen-bond acceptors (Lipinski definition) is 6. The third kappa shape index (κ3) is 2.89. The van der Waals surface area contributed by atoms with Crippen LogP contribution in [-0.2, 0) is 11.2 Å². The third-order valence-corrected chi connectivity index (χ3v) is 5.07. The Morgan fingerprint density at radius 3 is 2.84 bits per heavy atom. The SMILES string of the molecule is CCc1cc(=O)n2nc(NC3CCN(c4ccccc4)C3=O)sc2n1. The van der Waals surface area contributed by atoms with Gasteiger partial charge in [-0.2, -0.15) is 4.52 Å². The van der Waals surface area contributed by atoms with Crippen molar-refractivity contribution in [3.63, 3.8) is 0 Å². The van der Waals surface area contributed by atoms with Crippen molar-refractivity contribution in [2.24, 2.45) is 0 Å². The van der Waals surface area contributed by atoms with Crippen molar-refractivity contribution in [1.82, 2.24) is 14.6 Å². The Kier molecular flexibility index (Phi) is 3.96. The van der Waals surface area contributed by atoms with Crippen LogP contribution in [0.5, 0.6) is 0 Å². The van der Waals surface area contributed by atoms with E-state index < -0.39 is 0 Å². The van der Waals surface area contributed by atoms with Crippen molar-refractivity contribution in [3.05, 3.63) is 52.4 Å². The summed E-state index contributed by atoms with van der Waals surface area (Å²) in [5.41, 5.74) is 1.44. The van der Waals surface area contributed by atoms with Crippen LogP contribution in [0.15, 0.2) is 41.2 Å². The Labute approximate surface area is 147 Å². The Hall–Kier alpha value is -2.74. The van der Waals surface area contributed by atoms with Gasteiger partial charge in [0.1, 0.15) is 6.04 Å². The monoisotopic (exact) mass is 355 g/mol. The molecule has 1 atom stereocenters. The highest BCUT2D eigenvalue weighted by molar-refractivity contribution is 7.20. The molecule has 1 saturated heterocycles. The molecule has 1 fully saturated rings. The normalized spacial score (nSPS) is 17.4. The minimum Gasteiger partial charge on any atom is -0.348 e. The summed E-state index contributed by atoms with van der Waals surface area (Å²) in [5, 5.41) is 7.96. The van der Waals surface area contributed by atoms with E-state index in [-0.39, 0.29) is 17.5 Å². The van der Waals surface area contributed by atoms with E-state index in [1.54, 1.807) is 4.90 Å². The number of carbonyl (C=O) groups is 1. The van der Waals surface area contributed by atoms with Crippen molar-refractivity contribution in [3.8, 4) is 0 Å². The van der Waals surface area contributed by atoms with E-state index in [0.29, 0.717) is 29.5 Å². The fraction of sp³-hybridized carbons (Fsp3) is 0.294. The molecular weight excluding hydrogens is 338 g/mol. The quantitative estimate of drug-likeness (QED) is 0.774. The summed E-state index contributed by atoms with van der Waals surface area (Å²) in [6, 6.07) is 10.8. The topological polar surface area (TPSA) is 79.6 Å². The van der Waals surface area contributed by atoms with Crippen LogP contribution in [0, 0.1) is 0 Å². The van der Waals surface area contributed by atoms with Crippen LogP contribution in [0.4, 0.5) is 10.8 Å². The van der Waals surface area contributed by atoms with Crippen LogP contribution in [0.1, 0.15) is 19.0 Å². The molecule has 1 aliphatic heterocycles. The number of carbonyl (C=O) groups excluding carboxylic acids is 1. The van der Waals surface area contributed by atoms with Crippen molar-refractivity contribution >= 4 is 33.0 Å². The summed E-state index contributed by atoms with van der Waals surface area (Å²) < 4.78 is 1.28. The summed E-state index contributed by atoms with van der Waals surface area (Å²) in [7, 11) is 0. The van der Waals surface area contributed by atoms with Gasteiger partial charge in [-0.05, 0) is 25.0 Å². The van der Waals surface area contributed by atoms with E-state index in [4.69, 9.17) is 0 Å². The van der Waals surface area contributed by atoms with Crippen LogP contribution in [0.3, 0.4) is 0 Å². The van der Waals surface area contributed by atoms with Gasteiger partial charge >= 0.3 is 0 Å². The number of amides is 1. The highest BCUT2D eigenvalue weighted by atomic mass is 32.1. The Balaban J connectivity index is 1.57. The smallest absolute Gasteiger partial charge is 0.275 e. The maximum atomic E-state index is 12.6. The number of nitrogens with zero attached hydrogens (tertiary/aromatic N) is 4. The third-order valence-electron chi connectivity index (χ3n) is 4.23. The minimum absolute atomic E-state index is 0.0139. The van der Waals surface area contributed by atoms with Gasteiger partial charge in [0.25, 0.3) is 5.56 Å². The molecular formula is C17H17N5O2S. The number of fused-ring (bicyclic) bond motifs is 1. The summed E-state index contributed by atoms with van der Waals surface area (Å²) in [5.74, 6) is 0.0139. The molecule has 0 aliphatic carbocycles. The molecule has 3 aromatic rings. The second-order valence-corrected chi connectivity index (χ2v) is 6.81. The fourth-order valence-corrected chi connectivity index (χ4v) is 3.80. The number of aryl methyl sites for hydroxylation is 1. The summed E-state index contributed by atoms with van der Waals surface area (Å²) >= 11 is 1.29. The zero-order valence-electron chi connectivity index (χ0n) is 13.7. The molecule has 1 amide bonds. The average Bonchev–Trinajstić information content (AvgIpc) is 3.20. The molecule has 25 heavy (non-hydrogen) atoms. The van der Waals surface area contributed by atoms with Gasteiger partial charge in [0.05, 0.1) is 0 Å². The van der Waals surface area contributed by atoms with Crippen LogP contribution in [0.2, 0.25) is 0 Å². The Morgan fingerprint density at radius 1 is 1.28 bits per heavy atom. The maximum absolute atomic E-state index is 12.6. The lowest BCUT2D eigenvalue weighted by Crippen LogP contribution is -2.33. The van der Waals surface area contributed by atoms with Crippen LogP contribution < -0.4 is 15.8 Å². The molecule has 2 aromatic heterocycles. The lowest BCUT2D eigenvalue weighted by Gasteiger charge is -2.16. The number of nitrogens with one attached hydrogen (secondary N) is 1. The average molecular weight is 355 g/mol. The van der Waals surface area contributed by atoms with Crippen LogP contribution in [-0.4, -0.2) is 33.1 Å². The molecule has 0 bridgehead atoms. The molecule has 0 saturated carbocycles. The van der Waals surface area contributed by atoms with Crippen molar-refractivity contribution in [2.45, 2.75) is 25.8 Å². The van der Waals surface area contributed by atoms with Gasteiger partial charge in [-0.25, -0.2) is 4.98 Å². The predicted molar refractivity (Wildman–Crippen MR) is 97.3 cm³/mol. The molecule has 4 rings (SSSR count). The second-order valence-electron chi connectivity index (χ2n) is 5.85. The van der Waals surface area contributed by atoms with E-state index in [0.717, 1.165) is 11.4 Å². The highest BCUT2D eigenvalue weighted by Gasteiger charge is 2.33. The molecule has 8 heteroatoms. The lowest BCUT2D eigenvalue weighted by molar-refractivity contribution is -0.117. The molecule has 0 spiro atoms. The van der Waals surface area contributed by atoms with E-state index in [1.807, 2.05) is 37.3 Å². The zero-order chi connectivity index (χ0) is 17.4. The van der Waals surface area contributed by atoms with Gasteiger partial charge in [-0.1, -0.05) is 36.5 Å². The molecule has 1 aromatic carbocycles. The highest BCUT2D eigenvalue weighted by Crippen LogP contribution is 2.25. The fourth-order valence-electron chi connectivity index (χ4n) is 2.92. The minimum atomic E-state index is -0.345. The molecule has 1 N–H and O–H groups in total. The molecule has 0 radical (unpaired) electrons. The second kappa shape index (κ2) is 6.29. The van der Waals surface area contributed by atoms with Crippen LogP contribution >= 0.6 is 11.3 Å². The summed E-state index contributed by atoms with van der Waals surface area (Å²) in [6.07, 6.45) is 1.38. The van der Waals surface area contributed by atoms with E-state index in [1.165, 1.54) is 21.9 Å². The number of anilines is 2. The van der Waals surface area contributed by atoms with E-state index in [9.17, 15) is 9.59 Å². The number of para-hydroxylation sites is 1. The van der Waals surface area contributed by atoms with Gasteiger partial charge in [0.15, 0.2) is 0 Å². The van der Waals surface area contributed by atoms with E-state index >= 15 is 0 Å². The first-order chi connectivity index (χ1) is 12.2.